The van der Waals surface area contributed by atoms with Gasteiger partial charge < -0.3 is 29.1 Å². The van der Waals surface area contributed by atoms with Gasteiger partial charge in [-0.2, -0.15) is 0 Å². The standard InChI is InChI=1S/C26H37N3O7/c1-17(2)18(16-30)29-21-23(32)28(10-9-27-11-14-34-15-12-27)8-4-7-26(21)19(22(29)31)20-24(33)35-13-5-6-25(20,3)36-26/h4-7,17-21,30H,8-16H2,1-3H3/t18-,19-,20+,21?,25-,26-/m0/s1. The third kappa shape index (κ3) is 3.89. The summed E-state index contributed by atoms with van der Waals surface area (Å²) in [7, 11) is 0. The molecule has 3 saturated heterocycles. The molecule has 5 aliphatic rings. The van der Waals surface area contributed by atoms with Gasteiger partial charge in [0.2, 0.25) is 11.8 Å². The molecule has 3 fully saturated rings. The van der Waals surface area contributed by atoms with Gasteiger partial charge in [0.05, 0.1) is 37.4 Å². The first-order chi connectivity index (χ1) is 17.2. The molecular weight excluding hydrogens is 466 g/mol. The molecule has 5 heterocycles. The highest BCUT2D eigenvalue weighted by Crippen LogP contribution is 2.57. The van der Waals surface area contributed by atoms with Crippen molar-refractivity contribution in [1.82, 2.24) is 14.7 Å². The van der Waals surface area contributed by atoms with Crippen molar-refractivity contribution in [2.45, 2.75) is 44.1 Å². The van der Waals surface area contributed by atoms with E-state index in [1.807, 2.05) is 26.0 Å². The number of ether oxygens (including phenoxy) is 3. The predicted molar refractivity (Wildman–Crippen MR) is 129 cm³/mol. The Hall–Kier alpha value is -2.27. The number of aliphatic hydroxyl groups is 1. The van der Waals surface area contributed by atoms with E-state index in [-0.39, 0.29) is 30.9 Å². The fraction of sp³-hybridized carbons (Fsp3) is 0.731. The van der Waals surface area contributed by atoms with Crippen LogP contribution in [0.5, 0.6) is 0 Å². The van der Waals surface area contributed by atoms with Crippen molar-refractivity contribution in [3.8, 4) is 0 Å². The summed E-state index contributed by atoms with van der Waals surface area (Å²) < 4.78 is 17.5. The van der Waals surface area contributed by atoms with Crippen LogP contribution in [0.25, 0.3) is 0 Å². The Morgan fingerprint density at radius 2 is 1.81 bits per heavy atom. The van der Waals surface area contributed by atoms with E-state index in [9.17, 15) is 19.5 Å². The second-order valence-corrected chi connectivity index (χ2v) is 10.9. The average Bonchev–Trinajstić information content (AvgIpc) is 3.11. The van der Waals surface area contributed by atoms with E-state index in [4.69, 9.17) is 14.2 Å². The highest BCUT2D eigenvalue weighted by atomic mass is 16.6. The lowest BCUT2D eigenvalue weighted by Gasteiger charge is -2.41. The minimum atomic E-state index is -1.33. The number of carbonyl (C=O) groups is 3. The molecule has 0 saturated carbocycles. The Kier molecular flexibility index (Phi) is 6.74. The van der Waals surface area contributed by atoms with E-state index < -0.39 is 41.1 Å². The molecule has 5 rings (SSSR count). The van der Waals surface area contributed by atoms with E-state index in [2.05, 4.69) is 4.90 Å². The fourth-order valence-electron chi connectivity index (χ4n) is 6.61. The monoisotopic (exact) mass is 503 g/mol. The molecule has 0 radical (unpaired) electrons. The van der Waals surface area contributed by atoms with Crippen molar-refractivity contribution in [2.24, 2.45) is 17.8 Å². The third-order valence-electron chi connectivity index (χ3n) is 8.44. The van der Waals surface area contributed by atoms with Crippen LogP contribution < -0.4 is 0 Å². The summed E-state index contributed by atoms with van der Waals surface area (Å²) in [6, 6.07) is -1.57. The van der Waals surface area contributed by atoms with Gasteiger partial charge in [-0.3, -0.25) is 19.3 Å². The molecule has 1 unspecified atom stereocenters. The molecule has 10 nitrogen and oxygen atoms in total. The summed E-state index contributed by atoms with van der Waals surface area (Å²) in [4.78, 5) is 47.1. The topological polar surface area (TPSA) is 109 Å². The van der Waals surface area contributed by atoms with E-state index in [0.29, 0.717) is 32.8 Å². The molecule has 1 N–H and O–H groups in total. The first-order valence-corrected chi connectivity index (χ1v) is 13.0. The van der Waals surface area contributed by atoms with Gasteiger partial charge in [0.15, 0.2) is 0 Å². The number of nitrogens with zero attached hydrogens (tertiary/aromatic N) is 3. The number of morpholine rings is 1. The van der Waals surface area contributed by atoms with Crippen LogP contribution in [-0.4, -0.2) is 120 Å². The number of cyclic esters (lactones) is 1. The van der Waals surface area contributed by atoms with Crippen LogP contribution in [0.1, 0.15) is 20.8 Å². The van der Waals surface area contributed by atoms with Crippen LogP contribution >= 0.6 is 0 Å². The molecule has 0 aromatic heterocycles. The lowest BCUT2D eigenvalue weighted by molar-refractivity contribution is -0.160. The van der Waals surface area contributed by atoms with Gasteiger partial charge in [-0.15, -0.1) is 0 Å². The second-order valence-electron chi connectivity index (χ2n) is 10.9. The molecule has 0 bridgehead atoms. The van der Waals surface area contributed by atoms with Crippen LogP contribution in [0.4, 0.5) is 0 Å². The zero-order chi connectivity index (χ0) is 25.7. The highest BCUT2D eigenvalue weighted by Gasteiger charge is 2.75. The summed E-state index contributed by atoms with van der Waals surface area (Å²) in [6.45, 7) is 9.99. The Morgan fingerprint density at radius 3 is 2.50 bits per heavy atom. The maximum Gasteiger partial charge on any atom is 0.313 e. The van der Waals surface area contributed by atoms with E-state index in [1.165, 1.54) is 4.90 Å². The molecule has 36 heavy (non-hydrogen) atoms. The van der Waals surface area contributed by atoms with E-state index in [1.54, 1.807) is 24.0 Å². The number of hydrogen-bond acceptors (Lipinski definition) is 8. The van der Waals surface area contributed by atoms with Gasteiger partial charge in [0.25, 0.3) is 0 Å². The van der Waals surface area contributed by atoms with E-state index >= 15 is 0 Å². The second kappa shape index (κ2) is 9.55. The molecule has 10 heteroatoms. The molecular formula is C26H37N3O7. The van der Waals surface area contributed by atoms with Crippen LogP contribution in [-0.2, 0) is 28.6 Å². The smallest absolute Gasteiger partial charge is 0.313 e. The Labute approximate surface area is 211 Å². The largest absolute Gasteiger partial charge is 0.461 e. The number of fused-ring (bicyclic) bond motifs is 2. The van der Waals surface area contributed by atoms with Gasteiger partial charge in [0, 0.05) is 32.7 Å². The number of carbonyl (C=O) groups excluding carboxylic acids is 3. The molecule has 0 aromatic rings. The van der Waals surface area contributed by atoms with Gasteiger partial charge in [0.1, 0.15) is 24.2 Å². The molecule has 0 aliphatic carbocycles. The summed E-state index contributed by atoms with van der Waals surface area (Å²) in [6.07, 6.45) is 7.22. The molecule has 5 aliphatic heterocycles. The molecule has 2 amide bonds. The number of likely N-dealkylation sites (tertiary alicyclic amines) is 1. The fourth-order valence-corrected chi connectivity index (χ4v) is 6.61. The van der Waals surface area contributed by atoms with Crippen molar-refractivity contribution in [1.29, 1.82) is 0 Å². The van der Waals surface area contributed by atoms with Crippen molar-refractivity contribution < 1.29 is 33.7 Å². The number of aliphatic hydroxyl groups excluding tert-OH is 1. The number of hydrogen-bond donors (Lipinski definition) is 1. The number of esters is 1. The quantitative estimate of drug-likeness (QED) is 0.393. The van der Waals surface area contributed by atoms with Gasteiger partial charge in [-0.25, -0.2) is 0 Å². The summed E-state index contributed by atoms with van der Waals surface area (Å²) in [5, 5.41) is 10.3. The summed E-state index contributed by atoms with van der Waals surface area (Å²) >= 11 is 0. The highest BCUT2D eigenvalue weighted by molar-refractivity contribution is 5.99. The first kappa shape index (κ1) is 25.4. The summed E-state index contributed by atoms with van der Waals surface area (Å²) in [5.74, 6) is -2.99. The van der Waals surface area contributed by atoms with Crippen LogP contribution in [0.3, 0.4) is 0 Å². The van der Waals surface area contributed by atoms with Gasteiger partial charge in [-0.05, 0) is 18.9 Å². The zero-order valence-electron chi connectivity index (χ0n) is 21.3. The molecule has 198 valence electrons. The average molecular weight is 504 g/mol. The SMILES string of the molecule is CC(C)[C@H](CO)N1C(=O)[C@@H]2[C@@H]3C(=O)OCC=C[C@]3(C)O[C@@]23C=CCN(CCN2CCOCC2)C(=O)C13. The van der Waals surface area contributed by atoms with Crippen molar-refractivity contribution in [2.75, 3.05) is 59.2 Å². The molecule has 0 aromatic carbocycles. The van der Waals surface area contributed by atoms with E-state index in [0.717, 1.165) is 13.1 Å². The Balaban J connectivity index is 1.54. The maximum atomic E-state index is 14.2. The summed E-state index contributed by atoms with van der Waals surface area (Å²) in [5.41, 5.74) is -2.41. The number of amides is 2. The first-order valence-electron chi connectivity index (χ1n) is 13.0. The zero-order valence-corrected chi connectivity index (χ0v) is 21.3. The lowest BCUT2D eigenvalue weighted by atomic mass is 9.75. The van der Waals surface area contributed by atoms with Crippen molar-refractivity contribution in [3.05, 3.63) is 24.3 Å². The lowest BCUT2D eigenvalue weighted by Crippen LogP contribution is -2.60. The van der Waals surface area contributed by atoms with Gasteiger partial charge in [-0.1, -0.05) is 32.1 Å². The molecule has 6 atom stereocenters. The van der Waals surface area contributed by atoms with Crippen LogP contribution in [0.2, 0.25) is 0 Å². The Bertz CT molecular complexity index is 961. The third-order valence-corrected chi connectivity index (χ3v) is 8.44. The minimum absolute atomic E-state index is 0.107. The molecule has 1 spiro atoms. The Morgan fingerprint density at radius 1 is 1.06 bits per heavy atom. The van der Waals surface area contributed by atoms with Gasteiger partial charge >= 0.3 is 5.97 Å². The van der Waals surface area contributed by atoms with Crippen LogP contribution in [0, 0.1) is 17.8 Å². The minimum Gasteiger partial charge on any atom is -0.461 e. The normalized spacial score (nSPS) is 37.5. The predicted octanol–water partition coefficient (Wildman–Crippen LogP) is -0.182. The van der Waals surface area contributed by atoms with Crippen molar-refractivity contribution >= 4 is 17.8 Å². The van der Waals surface area contributed by atoms with Crippen molar-refractivity contribution in [3.63, 3.8) is 0 Å². The number of rotatable bonds is 6. The maximum absolute atomic E-state index is 14.2. The van der Waals surface area contributed by atoms with Crippen LogP contribution in [0.15, 0.2) is 24.3 Å².